The van der Waals surface area contributed by atoms with E-state index in [-0.39, 0.29) is 0 Å². The van der Waals surface area contributed by atoms with Crippen LogP contribution in [0.1, 0.15) is 11.1 Å². The van der Waals surface area contributed by atoms with Crippen LogP contribution in [0.3, 0.4) is 0 Å². The van der Waals surface area contributed by atoms with Gasteiger partial charge in [-0.05, 0) is 23.3 Å². The number of hydrogen-bond acceptors (Lipinski definition) is 4. The molecule has 0 aliphatic carbocycles. The fourth-order valence-corrected chi connectivity index (χ4v) is 3.75. The highest BCUT2D eigenvalue weighted by molar-refractivity contribution is 8.76. The van der Waals surface area contributed by atoms with E-state index in [9.17, 15) is 0 Å². The summed E-state index contributed by atoms with van der Waals surface area (Å²) in [6, 6.07) is 16.0. The molecule has 4 N–H and O–H groups in total. The number of nitrogens with two attached hydrogens (primary N) is 2. The summed E-state index contributed by atoms with van der Waals surface area (Å²) < 4.78 is 0. The van der Waals surface area contributed by atoms with Gasteiger partial charge in [0.2, 0.25) is 0 Å². The van der Waals surface area contributed by atoms with Crippen molar-refractivity contribution in [3.05, 3.63) is 59.7 Å². The Bertz CT molecular complexity index is 467. The van der Waals surface area contributed by atoms with Crippen molar-refractivity contribution >= 4 is 33.0 Å². The molecular weight excluding hydrogens is 260 g/mol. The molecule has 0 amide bonds. The van der Waals surface area contributed by atoms with Crippen molar-refractivity contribution in [2.45, 2.75) is 11.5 Å². The van der Waals surface area contributed by atoms with Gasteiger partial charge in [-0.3, -0.25) is 0 Å². The zero-order valence-electron chi connectivity index (χ0n) is 10.0. The van der Waals surface area contributed by atoms with E-state index in [0.717, 1.165) is 22.9 Å². The second-order valence-electron chi connectivity index (χ2n) is 3.92. The maximum atomic E-state index is 5.90. The summed E-state index contributed by atoms with van der Waals surface area (Å²) in [5.41, 5.74) is 15.9. The largest absolute Gasteiger partial charge is 0.398 e. The lowest BCUT2D eigenvalue weighted by molar-refractivity contribution is 1.42. The van der Waals surface area contributed by atoms with Crippen LogP contribution in [0.15, 0.2) is 48.5 Å². The molecule has 2 rings (SSSR count). The number of nitrogen functional groups attached to an aromatic ring is 2. The Kier molecular flexibility index (Phi) is 4.84. The molecule has 0 aromatic heterocycles. The Morgan fingerprint density at radius 1 is 0.667 bits per heavy atom. The summed E-state index contributed by atoms with van der Waals surface area (Å²) >= 11 is 0. The van der Waals surface area contributed by atoms with Crippen LogP contribution in [0.25, 0.3) is 0 Å². The molecule has 0 aliphatic rings. The average Bonchev–Trinajstić information content (AvgIpc) is 2.38. The van der Waals surface area contributed by atoms with Gasteiger partial charge >= 0.3 is 0 Å². The average molecular weight is 276 g/mol. The molecule has 0 saturated carbocycles. The van der Waals surface area contributed by atoms with E-state index in [1.54, 1.807) is 21.6 Å². The molecule has 94 valence electrons. The highest BCUT2D eigenvalue weighted by Crippen LogP contribution is 2.32. The normalized spacial score (nSPS) is 10.4. The van der Waals surface area contributed by atoms with E-state index in [1.165, 1.54) is 11.1 Å². The summed E-state index contributed by atoms with van der Waals surface area (Å²) in [4.78, 5) is 0. The molecule has 18 heavy (non-hydrogen) atoms. The lowest BCUT2D eigenvalue weighted by Gasteiger charge is -2.06. The molecule has 0 unspecified atom stereocenters. The van der Waals surface area contributed by atoms with Gasteiger partial charge < -0.3 is 11.5 Å². The van der Waals surface area contributed by atoms with E-state index in [0.29, 0.717) is 0 Å². The predicted octanol–water partition coefficient (Wildman–Crippen LogP) is 3.93. The number of para-hydroxylation sites is 2. The topological polar surface area (TPSA) is 52.0 Å². The third-order valence-electron chi connectivity index (χ3n) is 2.62. The fraction of sp³-hybridized carbons (Fsp3) is 0.143. The second-order valence-corrected chi connectivity index (χ2v) is 6.38. The SMILES string of the molecule is Nc1ccccc1CSSCc1ccccc1N. The van der Waals surface area contributed by atoms with Crippen molar-refractivity contribution in [2.75, 3.05) is 11.5 Å². The van der Waals surface area contributed by atoms with Crippen LogP contribution in [-0.4, -0.2) is 0 Å². The van der Waals surface area contributed by atoms with Gasteiger partial charge in [0.25, 0.3) is 0 Å². The third-order valence-corrected chi connectivity index (χ3v) is 4.85. The summed E-state index contributed by atoms with van der Waals surface area (Å²) in [6.45, 7) is 0. The van der Waals surface area contributed by atoms with Crippen molar-refractivity contribution in [3.63, 3.8) is 0 Å². The second kappa shape index (κ2) is 6.61. The number of rotatable bonds is 5. The molecule has 4 heteroatoms. The molecule has 0 atom stereocenters. The quantitative estimate of drug-likeness (QED) is 0.493. The highest BCUT2D eigenvalue weighted by atomic mass is 33.1. The van der Waals surface area contributed by atoms with Crippen LogP contribution in [0.2, 0.25) is 0 Å². The molecule has 0 bridgehead atoms. The third kappa shape index (κ3) is 3.62. The Labute approximate surface area is 116 Å². The summed E-state index contributed by atoms with van der Waals surface area (Å²) in [7, 11) is 3.61. The van der Waals surface area contributed by atoms with Gasteiger partial charge in [-0.15, -0.1) is 0 Å². The van der Waals surface area contributed by atoms with Crippen molar-refractivity contribution in [1.29, 1.82) is 0 Å². The molecule has 2 aromatic carbocycles. The maximum Gasteiger partial charge on any atom is 0.0355 e. The zero-order chi connectivity index (χ0) is 12.8. The molecule has 0 heterocycles. The molecule has 2 aromatic rings. The van der Waals surface area contributed by atoms with Crippen molar-refractivity contribution in [2.24, 2.45) is 0 Å². The summed E-state index contributed by atoms with van der Waals surface area (Å²) in [5.74, 6) is 1.84. The van der Waals surface area contributed by atoms with E-state index in [1.807, 2.05) is 36.4 Å². The molecule has 0 spiro atoms. The number of benzene rings is 2. The lowest BCUT2D eigenvalue weighted by atomic mass is 10.2. The first-order valence-corrected chi connectivity index (χ1v) is 8.17. The van der Waals surface area contributed by atoms with Gasteiger partial charge in [0.1, 0.15) is 0 Å². The van der Waals surface area contributed by atoms with E-state index < -0.39 is 0 Å². The molecule has 2 nitrogen and oxygen atoms in total. The Morgan fingerprint density at radius 3 is 1.44 bits per heavy atom. The minimum absolute atomic E-state index is 0.866. The van der Waals surface area contributed by atoms with Crippen LogP contribution in [0, 0.1) is 0 Å². The van der Waals surface area contributed by atoms with Gasteiger partial charge in [-0.25, -0.2) is 0 Å². The first kappa shape index (κ1) is 13.2. The Morgan fingerprint density at radius 2 is 1.06 bits per heavy atom. The minimum Gasteiger partial charge on any atom is -0.398 e. The monoisotopic (exact) mass is 276 g/mol. The van der Waals surface area contributed by atoms with Crippen molar-refractivity contribution in [1.82, 2.24) is 0 Å². The van der Waals surface area contributed by atoms with Crippen molar-refractivity contribution < 1.29 is 0 Å². The Balaban J connectivity index is 1.80. The Hall–Kier alpha value is -1.26. The van der Waals surface area contributed by atoms with Gasteiger partial charge in [0.15, 0.2) is 0 Å². The van der Waals surface area contributed by atoms with Crippen LogP contribution in [0.4, 0.5) is 11.4 Å². The van der Waals surface area contributed by atoms with Gasteiger partial charge in [-0.2, -0.15) is 0 Å². The molecular formula is C14H16N2S2. The van der Waals surface area contributed by atoms with Gasteiger partial charge in [0, 0.05) is 22.9 Å². The van der Waals surface area contributed by atoms with Crippen LogP contribution >= 0.6 is 21.6 Å². The smallest absolute Gasteiger partial charge is 0.0355 e. The summed E-state index contributed by atoms with van der Waals surface area (Å²) in [5, 5.41) is 0. The molecule has 0 saturated heterocycles. The first-order valence-electron chi connectivity index (χ1n) is 5.68. The van der Waals surface area contributed by atoms with Gasteiger partial charge in [-0.1, -0.05) is 58.0 Å². The zero-order valence-corrected chi connectivity index (χ0v) is 11.6. The van der Waals surface area contributed by atoms with E-state index >= 15 is 0 Å². The molecule has 0 fully saturated rings. The van der Waals surface area contributed by atoms with Crippen LogP contribution < -0.4 is 11.5 Å². The van der Waals surface area contributed by atoms with Crippen LogP contribution in [-0.2, 0) is 11.5 Å². The maximum absolute atomic E-state index is 5.90. The van der Waals surface area contributed by atoms with Crippen LogP contribution in [0.5, 0.6) is 0 Å². The van der Waals surface area contributed by atoms with Gasteiger partial charge in [0.05, 0.1) is 0 Å². The number of hydrogen-bond donors (Lipinski definition) is 2. The fourth-order valence-electron chi connectivity index (χ4n) is 1.54. The number of anilines is 2. The molecule has 0 aliphatic heterocycles. The van der Waals surface area contributed by atoms with E-state index in [4.69, 9.17) is 11.5 Å². The lowest BCUT2D eigenvalue weighted by Crippen LogP contribution is -1.92. The summed E-state index contributed by atoms with van der Waals surface area (Å²) in [6.07, 6.45) is 0. The minimum atomic E-state index is 0.866. The first-order chi connectivity index (χ1) is 8.77. The molecule has 0 radical (unpaired) electrons. The standard InChI is InChI=1S/C14H16N2S2/c15-13-7-3-1-5-11(13)9-17-18-10-12-6-2-4-8-14(12)16/h1-8H,9-10,15-16H2. The van der Waals surface area contributed by atoms with Crippen molar-refractivity contribution in [3.8, 4) is 0 Å². The highest BCUT2D eigenvalue weighted by Gasteiger charge is 2.01. The predicted molar refractivity (Wildman–Crippen MR) is 84.3 cm³/mol. The van der Waals surface area contributed by atoms with E-state index in [2.05, 4.69) is 12.1 Å².